The molecule has 0 aromatic carbocycles. The molecule has 2 aromatic rings. The van der Waals surface area contributed by atoms with Crippen molar-refractivity contribution < 1.29 is 29.6 Å². The number of anilines is 1. The smallest absolute Gasteiger partial charge is 0.246 e. The highest BCUT2D eigenvalue weighted by molar-refractivity contribution is 5.91. The summed E-state index contributed by atoms with van der Waals surface area (Å²) in [6, 6.07) is -0.199. The standard InChI is InChI=1S/C16H23N5O6/c1-7(2)21(8(3)23)16-18-13-10(14(19-16)26-4)17-6-20(13)15-12(25)11(24)9(5-22)27-15/h6-7,9,11-12,15,22,24-25H,5H2,1-4H3/t9-,11-,12-,15-/m1/s1. The molecule has 0 unspecified atom stereocenters. The average molecular weight is 381 g/mol. The van der Waals surface area contributed by atoms with E-state index in [2.05, 4.69) is 15.0 Å². The molecule has 0 spiro atoms. The quantitative estimate of drug-likeness (QED) is 0.607. The molecular formula is C16H23N5O6. The number of aromatic nitrogens is 4. The average Bonchev–Trinajstić information content (AvgIpc) is 3.15. The summed E-state index contributed by atoms with van der Waals surface area (Å²) in [5, 5.41) is 29.6. The van der Waals surface area contributed by atoms with Gasteiger partial charge in [-0.15, -0.1) is 0 Å². The highest BCUT2D eigenvalue weighted by Crippen LogP contribution is 2.33. The predicted molar refractivity (Wildman–Crippen MR) is 93.2 cm³/mol. The molecule has 3 rings (SSSR count). The summed E-state index contributed by atoms with van der Waals surface area (Å²) >= 11 is 0. The molecule has 1 saturated heterocycles. The van der Waals surface area contributed by atoms with Gasteiger partial charge in [0.25, 0.3) is 0 Å². The van der Waals surface area contributed by atoms with Gasteiger partial charge in [-0.25, -0.2) is 4.98 Å². The molecule has 3 N–H and O–H groups in total. The normalized spacial score (nSPS) is 25.3. The van der Waals surface area contributed by atoms with E-state index in [1.165, 1.54) is 29.8 Å². The molecule has 2 aromatic heterocycles. The predicted octanol–water partition coefficient (Wildman–Crippen LogP) is -0.792. The number of aliphatic hydroxyl groups is 3. The van der Waals surface area contributed by atoms with Crippen LogP contribution in [0.4, 0.5) is 5.95 Å². The molecule has 1 aliphatic heterocycles. The molecule has 1 aliphatic rings. The Labute approximate surface area is 155 Å². The third kappa shape index (κ3) is 3.23. The van der Waals surface area contributed by atoms with E-state index in [0.29, 0.717) is 5.52 Å². The first-order valence-corrected chi connectivity index (χ1v) is 8.51. The number of methoxy groups -OCH3 is 1. The third-order valence-electron chi connectivity index (χ3n) is 4.43. The van der Waals surface area contributed by atoms with E-state index in [0.717, 1.165) is 0 Å². The SMILES string of the molecule is COc1nc(N(C(C)=O)C(C)C)nc2c1ncn2[C@@H]1O[C@H](CO)[C@@H](O)[C@H]1O. The molecule has 148 valence electrons. The van der Waals surface area contributed by atoms with Crippen molar-refractivity contribution in [2.24, 2.45) is 0 Å². The number of hydrogen-bond acceptors (Lipinski definition) is 9. The largest absolute Gasteiger partial charge is 0.479 e. The topological polar surface area (TPSA) is 143 Å². The van der Waals surface area contributed by atoms with Crippen molar-refractivity contribution in [1.29, 1.82) is 0 Å². The van der Waals surface area contributed by atoms with E-state index >= 15 is 0 Å². The summed E-state index contributed by atoms with van der Waals surface area (Å²) in [7, 11) is 1.42. The molecule has 0 aliphatic carbocycles. The maximum Gasteiger partial charge on any atom is 0.246 e. The van der Waals surface area contributed by atoms with Gasteiger partial charge in [0, 0.05) is 13.0 Å². The van der Waals surface area contributed by atoms with Crippen molar-refractivity contribution in [3.8, 4) is 5.88 Å². The van der Waals surface area contributed by atoms with Crippen LogP contribution in [0.1, 0.15) is 27.0 Å². The lowest BCUT2D eigenvalue weighted by Crippen LogP contribution is -2.36. The zero-order chi connectivity index (χ0) is 19.9. The fraction of sp³-hybridized carbons (Fsp3) is 0.625. The zero-order valence-electron chi connectivity index (χ0n) is 15.5. The van der Waals surface area contributed by atoms with Gasteiger partial charge in [0.1, 0.15) is 18.3 Å². The summed E-state index contributed by atoms with van der Waals surface area (Å²) in [5.74, 6) is 0.0353. The molecule has 1 fully saturated rings. The number of nitrogens with zero attached hydrogens (tertiary/aromatic N) is 5. The minimum atomic E-state index is -1.29. The molecule has 0 radical (unpaired) electrons. The van der Waals surface area contributed by atoms with E-state index in [4.69, 9.17) is 9.47 Å². The minimum absolute atomic E-state index is 0.121. The maximum atomic E-state index is 12.0. The fourth-order valence-electron chi connectivity index (χ4n) is 3.16. The van der Waals surface area contributed by atoms with Crippen LogP contribution >= 0.6 is 0 Å². The molecule has 0 bridgehead atoms. The van der Waals surface area contributed by atoms with E-state index in [-0.39, 0.29) is 29.4 Å². The van der Waals surface area contributed by atoms with Crippen LogP contribution in [0.5, 0.6) is 5.88 Å². The number of carbonyl (C=O) groups is 1. The summed E-state index contributed by atoms with van der Waals surface area (Å²) in [6.07, 6.45) is -3.13. The van der Waals surface area contributed by atoms with Gasteiger partial charge in [-0.2, -0.15) is 9.97 Å². The van der Waals surface area contributed by atoms with E-state index < -0.39 is 31.1 Å². The van der Waals surface area contributed by atoms with Gasteiger partial charge in [-0.1, -0.05) is 0 Å². The van der Waals surface area contributed by atoms with E-state index in [9.17, 15) is 20.1 Å². The van der Waals surface area contributed by atoms with Crippen LogP contribution in [0.2, 0.25) is 0 Å². The van der Waals surface area contributed by atoms with Gasteiger partial charge < -0.3 is 24.8 Å². The molecule has 11 heteroatoms. The van der Waals surface area contributed by atoms with Crippen molar-refractivity contribution >= 4 is 23.0 Å². The van der Waals surface area contributed by atoms with Crippen molar-refractivity contribution in [3.63, 3.8) is 0 Å². The van der Waals surface area contributed by atoms with Crippen LogP contribution in [0, 0.1) is 0 Å². The molecule has 27 heavy (non-hydrogen) atoms. The number of aliphatic hydroxyl groups excluding tert-OH is 3. The van der Waals surface area contributed by atoms with E-state index in [1.807, 2.05) is 13.8 Å². The monoisotopic (exact) mass is 381 g/mol. The van der Waals surface area contributed by atoms with Crippen molar-refractivity contribution in [3.05, 3.63) is 6.33 Å². The zero-order valence-corrected chi connectivity index (χ0v) is 15.5. The summed E-state index contributed by atoms with van der Waals surface area (Å²) in [4.78, 5) is 26.3. The first-order chi connectivity index (χ1) is 12.8. The molecule has 11 nitrogen and oxygen atoms in total. The number of rotatable bonds is 5. The second-order valence-electron chi connectivity index (χ2n) is 6.57. The van der Waals surface area contributed by atoms with Gasteiger partial charge in [0.05, 0.1) is 20.0 Å². The number of imidazole rings is 1. The van der Waals surface area contributed by atoms with Gasteiger partial charge in [-0.3, -0.25) is 14.3 Å². The first-order valence-electron chi connectivity index (χ1n) is 8.51. The molecule has 3 heterocycles. The van der Waals surface area contributed by atoms with Crippen LogP contribution in [0.15, 0.2) is 6.33 Å². The Hall–Kier alpha value is -2.34. The number of ether oxygens (including phenoxy) is 2. The highest BCUT2D eigenvalue weighted by atomic mass is 16.6. The summed E-state index contributed by atoms with van der Waals surface area (Å²) < 4.78 is 12.3. The Morgan fingerprint density at radius 3 is 2.59 bits per heavy atom. The Morgan fingerprint density at radius 1 is 1.37 bits per heavy atom. The Balaban J connectivity index is 2.14. The summed E-state index contributed by atoms with van der Waals surface area (Å²) in [6.45, 7) is 4.61. The number of hydrogen-bond donors (Lipinski definition) is 3. The number of amides is 1. The van der Waals surface area contributed by atoms with E-state index in [1.54, 1.807) is 0 Å². The Morgan fingerprint density at radius 2 is 2.07 bits per heavy atom. The van der Waals surface area contributed by atoms with Crippen LogP contribution in [-0.4, -0.2) is 78.8 Å². The lowest BCUT2D eigenvalue weighted by atomic mass is 10.1. The summed E-state index contributed by atoms with van der Waals surface area (Å²) in [5.41, 5.74) is 0.574. The Bertz CT molecular complexity index is 840. The van der Waals surface area contributed by atoms with Gasteiger partial charge in [0.15, 0.2) is 17.4 Å². The highest BCUT2D eigenvalue weighted by Gasteiger charge is 2.44. The minimum Gasteiger partial charge on any atom is -0.479 e. The van der Waals surface area contributed by atoms with Gasteiger partial charge in [-0.05, 0) is 13.8 Å². The van der Waals surface area contributed by atoms with Crippen LogP contribution in [-0.2, 0) is 9.53 Å². The van der Waals surface area contributed by atoms with Crippen molar-refractivity contribution in [1.82, 2.24) is 19.5 Å². The van der Waals surface area contributed by atoms with Gasteiger partial charge >= 0.3 is 0 Å². The number of fused-ring (bicyclic) bond motifs is 1. The second-order valence-corrected chi connectivity index (χ2v) is 6.57. The van der Waals surface area contributed by atoms with Crippen LogP contribution in [0.3, 0.4) is 0 Å². The van der Waals surface area contributed by atoms with Crippen LogP contribution < -0.4 is 9.64 Å². The van der Waals surface area contributed by atoms with Crippen LogP contribution in [0.25, 0.3) is 11.2 Å². The van der Waals surface area contributed by atoms with Crippen molar-refractivity contribution in [2.45, 2.75) is 51.4 Å². The molecule has 4 atom stereocenters. The third-order valence-corrected chi connectivity index (χ3v) is 4.43. The fourth-order valence-corrected chi connectivity index (χ4v) is 3.16. The first kappa shape index (κ1) is 19.4. The maximum absolute atomic E-state index is 12.0. The van der Waals surface area contributed by atoms with Crippen molar-refractivity contribution in [2.75, 3.05) is 18.6 Å². The molecular weight excluding hydrogens is 358 g/mol. The Kier molecular flexibility index (Phi) is 5.29. The number of carbonyl (C=O) groups excluding carboxylic acids is 1. The lowest BCUT2D eigenvalue weighted by Gasteiger charge is -2.24. The molecule has 0 saturated carbocycles. The van der Waals surface area contributed by atoms with Gasteiger partial charge in [0.2, 0.25) is 17.7 Å². The lowest BCUT2D eigenvalue weighted by molar-refractivity contribution is -0.117. The second kappa shape index (κ2) is 7.35. The molecule has 1 amide bonds.